The van der Waals surface area contributed by atoms with Crippen LogP contribution in [0.2, 0.25) is 0 Å². The van der Waals surface area contributed by atoms with Crippen LogP contribution in [0.5, 0.6) is 0 Å². The third-order valence-electron chi connectivity index (χ3n) is 2.36. The highest BCUT2D eigenvalue weighted by Gasteiger charge is 2.18. The van der Waals surface area contributed by atoms with Gasteiger partial charge in [0.15, 0.2) is 0 Å². The quantitative estimate of drug-likeness (QED) is 0.706. The molecule has 1 aromatic heterocycles. The Balaban J connectivity index is 2.76. The van der Waals surface area contributed by atoms with Crippen molar-refractivity contribution in [2.45, 2.75) is 0 Å². The second-order valence-corrected chi connectivity index (χ2v) is 3.56. The molecule has 0 fully saturated rings. The molecule has 0 unspecified atom stereocenters. The summed E-state index contributed by atoms with van der Waals surface area (Å²) >= 11 is 0. The third kappa shape index (κ3) is 1.93. The van der Waals surface area contributed by atoms with E-state index in [0.717, 1.165) is 6.07 Å². The Labute approximate surface area is 100 Å². The first-order valence-electron chi connectivity index (χ1n) is 4.94. The van der Waals surface area contributed by atoms with E-state index in [2.05, 4.69) is 10.2 Å². The maximum atomic E-state index is 13.1. The molecule has 0 saturated heterocycles. The average molecular weight is 248 g/mol. The molecular weight excluding hydrogens is 239 g/mol. The number of H-pyrrole nitrogens is 1. The van der Waals surface area contributed by atoms with Gasteiger partial charge >= 0.3 is 0 Å². The number of rotatable bonds is 2. The van der Waals surface area contributed by atoms with E-state index in [1.165, 1.54) is 18.2 Å². The predicted molar refractivity (Wildman–Crippen MR) is 63.2 cm³/mol. The van der Waals surface area contributed by atoms with E-state index in [4.69, 9.17) is 11.5 Å². The minimum absolute atomic E-state index is 0.0408. The van der Waals surface area contributed by atoms with Crippen LogP contribution in [0.4, 0.5) is 10.1 Å². The number of nitrogens with zero attached hydrogens (tertiary/aromatic N) is 1. The summed E-state index contributed by atoms with van der Waals surface area (Å²) < 4.78 is 13.1. The molecule has 6 nitrogen and oxygen atoms in total. The Morgan fingerprint density at radius 2 is 2.11 bits per heavy atom. The van der Waals surface area contributed by atoms with Crippen LogP contribution in [-0.2, 0) is 0 Å². The molecule has 1 aromatic carbocycles. The van der Waals surface area contributed by atoms with Gasteiger partial charge in [0, 0.05) is 5.56 Å². The number of hydrogen-bond acceptors (Lipinski definition) is 4. The number of aromatic amines is 1. The van der Waals surface area contributed by atoms with Crippen LogP contribution >= 0.6 is 0 Å². The average Bonchev–Trinajstić information content (AvgIpc) is 2.32. The Morgan fingerprint density at radius 3 is 2.72 bits per heavy atom. The fourth-order valence-electron chi connectivity index (χ4n) is 1.56. The minimum atomic E-state index is -0.898. The summed E-state index contributed by atoms with van der Waals surface area (Å²) in [6, 6.07) is 5.36. The number of anilines is 1. The van der Waals surface area contributed by atoms with Crippen LogP contribution in [0.3, 0.4) is 0 Å². The van der Waals surface area contributed by atoms with Crippen molar-refractivity contribution in [2.75, 3.05) is 5.73 Å². The zero-order chi connectivity index (χ0) is 13.3. The second kappa shape index (κ2) is 4.28. The van der Waals surface area contributed by atoms with Gasteiger partial charge in [-0.2, -0.15) is 5.10 Å². The van der Waals surface area contributed by atoms with Crippen molar-refractivity contribution >= 4 is 11.6 Å². The number of nitrogens with two attached hydrogens (primary N) is 2. The predicted octanol–water partition coefficient (Wildman–Crippen LogP) is 0.257. The number of primary amides is 1. The molecule has 7 heteroatoms. The molecule has 1 heterocycles. The zero-order valence-corrected chi connectivity index (χ0v) is 9.11. The molecule has 1 amide bonds. The van der Waals surface area contributed by atoms with Crippen molar-refractivity contribution in [3.05, 3.63) is 46.0 Å². The molecular formula is C11H9FN4O2. The summed E-state index contributed by atoms with van der Waals surface area (Å²) in [4.78, 5) is 22.6. The lowest BCUT2D eigenvalue weighted by Gasteiger charge is -2.07. The first-order valence-corrected chi connectivity index (χ1v) is 4.94. The number of amides is 1. The van der Waals surface area contributed by atoms with Gasteiger partial charge in [-0.3, -0.25) is 9.59 Å². The van der Waals surface area contributed by atoms with Crippen molar-refractivity contribution < 1.29 is 9.18 Å². The lowest BCUT2D eigenvalue weighted by atomic mass is 10.0. The second-order valence-electron chi connectivity index (χ2n) is 3.56. The monoisotopic (exact) mass is 248 g/mol. The fraction of sp³-hybridized carbons (Fsp3) is 0. The maximum absolute atomic E-state index is 13.1. The van der Waals surface area contributed by atoms with Crippen LogP contribution in [0.1, 0.15) is 10.4 Å². The van der Waals surface area contributed by atoms with Crippen LogP contribution < -0.4 is 17.0 Å². The molecule has 0 aliphatic rings. The van der Waals surface area contributed by atoms with E-state index in [0.29, 0.717) is 5.56 Å². The van der Waals surface area contributed by atoms with Crippen molar-refractivity contribution in [2.24, 2.45) is 5.73 Å². The molecule has 0 aliphatic carbocycles. The number of nitrogens with one attached hydrogen (secondary N) is 1. The van der Waals surface area contributed by atoms with Gasteiger partial charge in [0.1, 0.15) is 17.2 Å². The smallest absolute Gasteiger partial charge is 0.288 e. The molecule has 0 saturated carbocycles. The number of aromatic nitrogens is 2. The van der Waals surface area contributed by atoms with Crippen LogP contribution in [0.25, 0.3) is 11.3 Å². The SMILES string of the molecule is NC(=O)c1c(-c2cccc(F)c2)n[nH]c(=O)c1N. The third-order valence-corrected chi connectivity index (χ3v) is 2.36. The number of hydrogen-bond donors (Lipinski definition) is 3. The summed E-state index contributed by atoms with van der Waals surface area (Å²) in [5.41, 5.74) is 9.70. The van der Waals surface area contributed by atoms with Gasteiger partial charge < -0.3 is 11.5 Å². The van der Waals surface area contributed by atoms with Crippen molar-refractivity contribution in [1.82, 2.24) is 10.2 Å². The first kappa shape index (κ1) is 11.8. The van der Waals surface area contributed by atoms with Crippen molar-refractivity contribution in [1.29, 1.82) is 0 Å². The van der Waals surface area contributed by atoms with Gasteiger partial charge in [0.05, 0.1) is 5.56 Å². The van der Waals surface area contributed by atoms with E-state index in [-0.39, 0.29) is 16.9 Å². The molecule has 0 aliphatic heterocycles. The molecule has 2 rings (SSSR count). The van der Waals surface area contributed by atoms with Gasteiger partial charge in [0.25, 0.3) is 11.5 Å². The lowest BCUT2D eigenvalue weighted by molar-refractivity contribution is 0.100. The zero-order valence-electron chi connectivity index (χ0n) is 9.11. The molecule has 0 radical (unpaired) electrons. The Hall–Kier alpha value is -2.70. The van der Waals surface area contributed by atoms with E-state index in [1.54, 1.807) is 0 Å². The highest BCUT2D eigenvalue weighted by atomic mass is 19.1. The van der Waals surface area contributed by atoms with Gasteiger partial charge in [-0.25, -0.2) is 9.49 Å². The van der Waals surface area contributed by atoms with Gasteiger partial charge in [0.2, 0.25) is 0 Å². The molecule has 0 spiro atoms. The van der Waals surface area contributed by atoms with Crippen LogP contribution in [0, 0.1) is 5.82 Å². The first-order chi connectivity index (χ1) is 8.50. The Bertz CT molecular complexity index is 681. The minimum Gasteiger partial charge on any atom is -0.393 e. The normalized spacial score (nSPS) is 10.3. The molecule has 5 N–H and O–H groups in total. The highest BCUT2D eigenvalue weighted by Crippen LogP contribution is 2.23. The van der Waals surface area contributed by atoms with Crippen molar-refractivity contribution in [3.8, 4) is 11.3 Å². The van der Waals surface area contributed by atoms with E-state index >= 15 is 0 Å². The number of carbonyl (C=O) groups is 1. The van der Waals surface area contributed by atoms with E-state index < -0.39 is 17.3 Å². The Kier molecular flexibility index (Phi) is 2.80. The largest absolute Gasteiger partial charge is 0.393 e. The summed E-state index contributed by atoms with van der Waals surface area (Å²) in [6.07, 6.45) is 0. The van der Waals surface area contributed by atoms with Gasteiger partial charge in [-0.15, -0.1) is 0 Å². The molecule has 0 bridgehead atoms. The summed E-state index contributed by atoms with van der Waals surface area (Å²) in [7, 11) is 0. The number of carbonyl (C=O) groups excluding carboxylic acids is 1. The number of benzene rings is 1. The molecule has 2 aromatic rings. The Morgan fingerprint density at radius 1 is 1.39 bits per heavy atom. The summed E-state index contributed by atoms with van der Waals surface area (Å²) in [5, 5.41) is 5.81. The highest BCUT2D eigenvalue weighted by molar-refractivity contribution is 6.03. The van der Waals surface area contributed by atoms with Crippen molar-refractivity contribution in [3.63, 3.8) is 0 Å². The van der Waals surface area contributed by atoms with Crippen LogP contribution in [0.15, 0.2) is 29.1 Å². The summed E-state index contributed by atoms with van der Waals surface area (Å²) in [5.74, 6) is -1.40. The summed E-state index contributed by atoms with van der Waals surface area (Å²) in [6.45, 7) is 0. The number of nitrogen functional groups attached to an aromatic ring is 1. The van der Waals surface area contributed by atoms with Gasteiger partial charge in [-0.1, -0.05) is 12.1 Å². The fourth-order valence-corrected chi connectivity index (χ4v) is 1.56. The van der Waals surface area contributed by atoms with E-state index in [9.17, 15) is 14.0 Å². The standard InChI is InChI=1S/C11H9FN4O2/c12-6-3-1-2-5(4-6)9-7(10(14)17)8(13)11(18)16-15-9/h1-4H,(H2,13,15)(H2,14,17)(H,16,18). The topological polar surface area (TPSA) is 115 Å². The molecule has 18 heavy (non-hydrogen) atoms. The van der Waals surface area contributed by atoms with Gasteiger partial charge in [-0.05, 0) is 12.1 Å². The molecule has 0 atom stereocenters. The number of halogens is 1. The maximum Gasteiger partial charge on any atom is 0.288 e. The molecule has 92 valence electrons. The van der Waals surface area contributed by atoms with E-state index in [1.807, 2.05) is 0 Å². The lowest BCUT2D eigenvalue weighted by Crippen LogP contribution is -2.24. The van der Waals surface area contributed by atoms with Crippen LogP contribution in [-0.4, -0.2) is 16.1 Å².